The second kappa shape index (κ2) is 6.33. The van der Waals surface area contributed by atoms with Gasteiger partial charge in [-0.1, -0.05) is 11.8 Å². The molecule has 0 radical (unpaired) electrons. The van der Waals surface area contributed by atoms with Crippen molar-refractivity contribution in [1.82, 2.24) is 20.3 Å². The van der Waals surface area contributed by atoms with Crippen LogP contribution < -0.4 is 11.1 Å². The van der Waals surface area contributed by atoms with Gasteiger partial charge in [0.1, 0.15) is 11.5 Å². The van der Waals surface area contributed by atoms with Gasteiger partial charge >= 0.3 is 0 Å². The fraction of sp³-hybridized carbons (Fsp3) is 0.154. The lowest BCUT2D eigenvalue weighted by atomic mass is 10.2. The number of nitrogens with one attached hydrogen (secondary N) is 2. The summed E-state index contributed by atoms with van der Waals surface area (Å²) in [5.74, 6) is 5.92. The highest BCUT2D eigenvalue weighted by molar-refractivity contribution is 5.94. The summed E-state index contributed by atoms with van der Waals surface area (Å²) in [6.07, 6.45) is 4.87. The van der Waals surface area contributed by atoms with E-state index in [4.69, 9.17) is 5.73 Å². The van der Waals surface area contributed by atoms with Gasteiger partial charge in [0.05, 0.1) is 18.7 Å². The van der Waals surface area contributed by atoms with Crippen molar-refractivity contribution in [3.63, 3.8) is 0 Å². The fourth-order valence-electron chi connectivity index (χ4n) is 1.48. The molecule has 6 nitrogen and oxygen atoms in total. The Morgan fingerprint density at radius 3 is 3.05 bits per heavy atom. The summed E-state index contributed by atoms with van der Waals surface area (Å²) in [5, 5.41) is 2.72. The van der Waals surface area contributed by atoms with Crippen LogP contribution in [-0.2, 0) is 6.54 Å². The van der Waals surface area contributed by atoms with Crippen molar-refractivity contribution in [3.05, 3.63) is 47.8 Å². The molecule has 6 heteroatoms. The van der Waals surface area contributed by atoms with Gasteiger partial charge in [-0.25, -0.2) is 9.97 Å². The zero-order valence-corrected chi connectivity index (χ0v) is 10.2. The van der Waals surface area contributed by atoms with Crippen LogP contribution in [0.15, 0.2) is 30.7 Å². The number of amides is 1. The molecule has 4 N–H and O–H groups in total. The number of rotatable bonds is 3. The summed E-state index contributed by atoms with van der Waals surface area (Å²) >= 11 is 0. The van der Waals surface area contributed by atoms with Crippen LogP contribution >= 0.6 is 0 Å². The van der Waals surface area contributed by atoms with Crippen LogP contribution in [0.5, 0.6) is 0 Å². The van der Waals surface area contributed by atoms with Crippen LogP contribution in [0.3, 0.4) is 0 Å². The molecule has 0 fully saturated rings. The Hall–Kier alpha value is -2.65. The molecule has 2 rings (SSSR count). The van der Waals surface area contributed by atoms with Crippen molar-refractivity contribution in [2.75, 3.05) is 6.54 Å². The van der Waals surface area contributed by atoms with Gasteiger partial charge in [-0.2, -0.15) is 0 Å². The number of H-pyrrole nitrogens is 1. The van der Waals surface area contributed by atoms with Gasteiger partial charge in [0.15, 0.2) is 0 Å². The van der Waals surface area contributed by atoms with E-state index in [2.05, 4.69) is 32.1 Å². The molecule has 96 valence electrons. The lowest BCUT2D eigenvalue weighted by molar-refractivity contribution is 0.0944. The normalized spacial score (nSPS) is 9.53. The molecule has 2 aromatic heterocycles. The minimum absolute atomic E-state index is 0.238. The van der Waals surface area contributed by atoms with Gasteiger partial charge in [0, 0.05) is 18.6 Å². The van der Waals surface area contributed by atoms with Crippen molar-refractivity contribution in [1.29, 1.82) is 0 Å². The molecule has 0 bridgehead atoms. The van der Waals surface area contributed by atoms with Crippen LogP contribution in [0.4, 0.5) is 0 Å². The zero-order valence-electron chi connectivity index (χ0n) is 10.2. The van der Waals surface area contributed by atoms with E-state index in [9.17, 15) is 4.79 Å². The number of hydrogen-bond donors (Lipinski definition) is 3. The number of imidazole rings is 1. The van der Waals surface area contributed by atoms with Gasteiger partial charge in [-0.15, -0.1) is 0 Å². The number of aromatic amines is 1. The molecular weight excluding hydrogens is 242 g/mol. The lowest BCUT2D eigenvalue weighted by Gasteiger charge is -2.04. The highest BCUT2D eigenvalue weighted by atomic mass is 16.1. The van der Waals surface area contributed by atoms with E-state index in [1.54, 1.807) is 30.7 Å². The highest BCUT2D eigenvalue weighted by Crippen LogP contribution is 2.03. The molecule has 19 heavy (non-hydrogen) atoms. The molecule has 0 saturated heterocycles. The number of nitrogens with zero attached hydrogens (tertiary/aromatic N) is 2. The maximum Gasteiger partial charge on any atom is 0.271 e. The molecule has 0 aliphatic rings. The SMILES string of the molecule is NCC#Cc1cccnc1C(=O)NCc1ncc[nH]1. The van der Waals surface area contributed by atoms with E-state index < -0.39 is 0 Å². The van der Waals surface area contributed by atoms with Crippen LogP contribution in [0.1, 0.15) is 21.9 Å². The number of hydrogen-bond acceptors (Lipinski definition) is 4. The van der Waals surface area contributed by atoms with Gasteiger partial charge < -0.3 is 16.0 Å². The molecular formula is C13H13N5O. The minimum Gasteiger partial charge on any atom is -0.347 e. The third-order valence-electron chi connectivity index (χ3n) is 2.32. The predicted molar refractivity (Wildman–Crippen MR) is 69.9 cm³/mol. The summed E-state index contributed by atoms with van der Waals surface area (Å²) in [6.45, 7) is 0.550. The largest absolute Gasteiger partial charge is 0.347 e. The Labute approximate surface area is 110 Å². The third-order valence-corrected chi connectivity index (χ3v) is 2.32. The lowest BCUT2D eigenvalue weighted by Crippen LogP contribution is -2.25. The summed E-state index contributed by atoms with van der Waals surface area (Å²) in [5.41, 5.74) is 6.17. The van der Waals surface area contributed by atoms with Gasteiger partial charge in [0.2, 0.25) is 0 Å². The van der Waals surface area contributed by atoms with E-state index in [1.165, 1.54) is 0 Å². The predicted octanol–water partition coefficient (Wildman–Crippen LogP) is 0.0449. The number of nitrogens with two attached hydrogens (primary N) is 1. The first kappa shape index (κ1) is 12.8. The minimum atomic E-state index is -0.293. The molecule has 0 saturated carbocycles. The highest BCUT2D eigenvalue weighted by Gasteiger charge is 2.11. The first-order valence-corrected chi connectivity index (χ1v) is 5.71. The molecule has 0 atom stereocenters. The molecule has 0 spiro atoms. The van der Waals surface area contributed by atoms with Crippen molar-refractivity contribution < 1.29 is 4.79 Å². The first-order valence-electron chi connectivity index (χ1n) is 5.71. The van der Waals surface area contributed by atoms with Crippen LogP contribution in [0.25, 0.3) is 0 Å². The van der Waals surface area contributed by atoms with Crippen molar-refractivity contribution >= 4 is 5.91 Å². The Morgan fingerprint density at radius 2 is 2.32 bits per heavy atom. The molecule has 1 amide bonds. The maximum absolute atomic E-state index is 12.0. The summed E-state index contributed by atoms with van der Waals surface area (Å²) in [6, 6.07) is 3.46. The molecule has 0 aliphatic heterocycles. The molecule has 0 unspecified atom stereocenters. The number of carbonyl (C=O) groups is 1. The molecule has 0 aromatic carbocycles. The van der Waals surface area contributed by atoms with E-state index in [-0.39, 0.29) is 18.1 Å². The average molecular weight is 255 g/mol. The third kappa shape index (κ3) is 3.40. The first-order chi connectivity index (χ1) is 9.31. The summed E-state index contributed by atoms with van der Waals surface area (Å²) in [4.78, 5) is 23.0. The number of carbonyl (C=O) groups excluding carboxylic acids is 1. The van der Waals surface area contributed by atoms with Gasteiger partial charge in [-0.05, 0) is 12.1 Å². The van der Waals surface area contributed by atoms with Gasteiger partial charge in [-0.3, -0.25) is 4.79 Å². The number of aromatic nitrogens is 3. The average Bonchev–Trinajstić information content (AvgIpc) is 2.96. The smallest absolute Gasteiger partial charge is 0.271 e. The second-order valence-electron chi connectivity index (χ2n) is 3.62. The topological polar surface area (TPSA) is 96.7 Å². The van der Waals surface area contributed by atoms with Crippen LogP contribution in [-0.4, -0.2) is 27.4 Å². The number of pyridine rings is 1. The van der Waals surface area contributed by atoms with E-state index in [0.29, 0.717) is 17.9 Å². The maximum atomic E-state index is 12.0. The Balaban J connectivity index is 2.10. The molecule has 0 aliphatic carbocycles. The van der Waals surface area contributed by atoms with Crippen molar-refractivity contribution in [2.24, 2.45) is 5.73 Å². The van der Waals surface area contributed by atoms with Crippen molar-refractivity contribution in [2.45, 2.75) is 6.54 Å². The quantitative estimate of drug-likeness (QED) is 0.675. The van der Waals surface area contributed by atoms with Crippen molar-refractivity contribution in [3.8, 4) is 11.8 Å². The van der Waals surface area contributed by atoms with Crippen LogP contribution in [0, 0.1) is 11.8 Å². The Kier molecular flexibility index (Phi) is 4.26. The van der Waals surface area contributed by atoms with Gasteiger partial charge in [0.25, 0.3) is 5.91 Å². The zero-order chi connectivity index (χ0) is 13.5. The van der Waals surface area contributed by atoms with E-state index >= 15 is 0 Å². The van der Waals surface area contributed by atoms with E-state index in [1.807, 2.05) is 0 Å². The monoisotopic (exact) mass is 255 g/mol. The Bertz CT molecular complexity index is 609. The van der Waals surface area contributed by atoms with Crippen LogP contribution in [0.2, 0.25) is 0 Å². The summed E-state index contributed by atoms with van der Waals surface area (Å²) in [7, 11) is 0. The Morgan fingerprint density at radius 1 is 1.42 bits per heavy atom. The summed E-state index contributed by atoms with van der Waals surface area (Å²) < 4.78 is 0. The molecule has 2 aromatic rings. The fourth-order valence-corrected chi connectivity index (χ4v) is 1.48. The molecule has 2 heterocycles. The van der Waals surface area contributed by atoms with E-state index in [0.717, 1.165) is 0 Å². The second-order valence-corrected chi connectivity index (χ2v) is 3.62. The standard InChI is InChI=1S/C13H13N5O/c14-5-1-3-10-4-2-6-17-12(10)13(19)18-9-11-15-7-8-16-11/h2,4,6-8H,5,9,14H2,(H,15,16)(H,18,19).